The van der Waals surface area contributed by atoms with Crippen LogP contribution in [0.5, 0.6) is 0 Å². The Hall–Kier alpha value is -7.50. The molecule has 3 saturated heterocycles. The molecule has 3 aliphatic carbocycles. The monoisotopic (exact) mass is 1100 g/mol. The van der Waals surface area contributed by atoms with Crippen molar-refractivity contribution in [1.82, 2.24) is 45.3 Å². The summed E-state index contributed by atoms with van der Waals surface area (Å²) in [5.41, 5.74) is 7.32. The normalized spacial score (nSPS) is 20.0. The molecule has 15 nitrogen and oxygen atoms in total. The van der Waals surface area contributed by atoms with E-state index < -0.39 is 0 Å². The standard InChI is InChI=1S/3C21H25FN4O/c3*1-14-3-8-20(24-23-14)25-9-10-26(15(2)13-25)21(27)12-16-4-7-18(17-5-6-17)19(22)11-16/h3*3-4,7-8,11,15,17H,5-6,9-10,12-13H2,1-2H3/t3*15-/m100/s1. The van der Waals surface area contributed by atoms with Gasteiger partial charge >= 0.3 is 0 Å². The van der Waals surface area contributed by atoms with Gasteiger partial charge in [-0.25, -0.2) is 13.2 Å². The highest BCUT2D eigenvalue weighted by molar-refractivity contribution is 5.81. The van der Waals surface area contributed by atoms with Gasteiger partial charge in [0.25, 0.3) is 0 Å². The highest BCUT2D eigenvalue weighted by Gasteiger charge is 2.33. The number of carbonyl (C=O) groups excluding carboxylic acids is 3. The third kappa shape index (κ3) is 14.5. The van der Waals surface area contributed by atoms with Gasteiger partial charge < -0.3 is 29.4 Å². The summed E-state index contributed by atoms with van der Waals surface area (Å²) in [6, 6.07) is 27.8. The van der Waals surface area contributed by atoms with Gasteiger partial charge in [0.2, 0.25) is 17.7 Å². The molecule has 0 radical (unpaired) electrons. The number of hydrogen-bond acceptors (Lipinski definition) is 12. The summed E-state index contributed by atoms with van der Waals surface area (Å²) in [5, 5.41) is 25.1. The average molecular weight is 1110 g/mol. The molecule has 0 spiro atoms. The fourth-order valence-electron chi connectivity index (χ4n) is 11.3. The smallest absolute Gasteiger partial charge is 0.227 e. The Balaban J connectivity index is 0.000000136. The predicted octanol–water partition coefficient (Wildman–Crippen LogP) is 9.24. The van der Waals surface area contributed by atoms with Gasteiger partial charge in [0, 0.05) is 77.0 Å². The Bertz CT molecular complexity index is 2840. The lowest BCUT2D eigenvalue weighted by Crippen LogP contribution is -2.54. The molecule has 6 aromatic rings. The zero-order chi connectivity index (χ0) is 56.9. The minimum absolute atomic E-state index is 0.0516. The van der Waals surface area contributed by atoms with Crippen LogP contribution in [0.4, 0.5) is 30.6 Å². The molecule has 3 aromatic heterocycles. The molecule has 0 unspecified atom stereocenters. The van der Waals surface area contributed by atoms with E-state index in [-0.39, 0.29) is 72.6 Å². The molecule has 6 fully saturated rings. The predicted molar refractivity (Wildman–Crippen MR) is 307 cm³/mol. The van der Waals surface area contributed by atoms with E-state index in [1.807, 2.05) is 129 Å². The van der Waals surface area contributed by atoms with Gasteiger partial charge in [0.1, 0.15) is 17.5 Å². The van der Waals surface area contributed by atoms with Gasteiger partial charge in [-0.15, -0.1) is 15.3 Å². The Morgan fingerprint density at radius 2 is 0.667 bits per heavy atom. The van der Waals surface area contributed by atoms with Crippen LogP contribution < -0.4 is 14.7 Å². The number of hydrogen-bond donors (Lipinski definition) is 0. The van der Waals surface area contributed by atoms with Crippen LogP contribution in [0.2, 0.25) is 0 Å². The molecule has 3 amide bonds. The van der Waals surface area contributed by atoms with Crippen LogP contribution in [0, 0.1) is 38.2 Å². The van der Waals surface area contributed by atoms with E-state index in [1.54, 1.807) is 0 Å². The van der Waals surface area contributed by atoms with Crippen LogP contribution in [0.25, 0.3) is 0 Å². The Morgan fingerprint density at radius 1 is 0.395 bits per heavy atom. The van der Waals surface area contributed by atoms with E-state index in [2.05, 4.69) is 45.3 Å². The zero-order valence-electron chi connectivity index (χ0n) is 47.6. The maximum atomic E-state index is 14.2. The fourth-order valence-corrected chi connectivity index (χ4v) is 11.3. The van der Waals surface area contributed by atoms with Crippen molar-refractivity contribution in [2.75, 3.05) is 73.6 Å². The number of aromatic nitrogens is 6. The molecule has 3 aliphatic heterocycles. The van der Waals surface area contributed by atoms with E-state index in [0.717, 1.165) is 146 Å². The summed E-state index contributed by atoms with van der Waals surface area (Å²) in [4.78, 5) is 50.4. The highest BCUT2D eigenvalue weighted by Crippen LogP contribution is 2.43. The van der Waals surface area contributed by atoms with E-state index in [0.29, 0.717) is 37.4 Å². The lowest BCUT2D eigenvalue weighted by molar-refractivity contribution is -0.133. The first-order valence-corrected chi connectivity index (χ1v) is 28.9. The van der Waals surface area contributed by atoms with Crippen molar-refractivity contribution in [1.29, 1.82) is 0 Å². The summed E-state index contributed by atoms with van der Waals surface area (Å²) in [6.45, 7) is 18.1. The summed E-state index contributed by atoms with van der Waals surface area (Å²) in [6.07, 6.45) is 7.17. The molecule has 3 atom stereocenters. The van der Waals surface area contributed by atoms with Crippen molar-refractivity contribution >= 4 is 35.2 Å². The molecule has 18 heteroatoms. The van der Waals surface area contributed by atoms with Crippen molar-refractivity contribution in [3.8, 4) is 0 Å². The second-order valence-corrected chi connectivity index (χ2v) is 23.2. The molecule has 0 N–H and O–H groups in total. The van der Waals surface area contributed by atoms with E-state index >= 15 is 0 Å². The molecule has 426 valence electrons. The Kier molecular flexibility index (Phi) is 17.6. The first-order valence-electron chi connectivity index (χ1n) is 28.9. The third-order valence-corrected chi connectivity index (χ3v) is 16.5. The minimum Gasteiger partial charge on any atom is -0.351 e. The summed E-state index contributed by atoms with van der Waals surface area (Å²) < 4.78 is 42.7. The topological polar surface area (TPSA) is 148 Å². The first kappa shape index (κ1) is 56.8. The fraction of sp³-hybridized carbons (Fsp3) is 0.476. The average Bonchev–Trinajstić information content (AvgIpc) is 4.37. The lowest BCUT2D eigenvalue weighted by atomic mass is 10.0. The van der Waals surface area contributed by atoms with Crippen LogP contribution in [-0.2, 0) is 33.6 Å². The summed E-state index contributed by atoms with van der Waals surface area (Å²) in [7, 11) is 0. The number of amides is 3. The second kappa shape index (κ2) is 25.1. The van der Waals surface area contributed by atoms with Crippen molar-refractivity contribution in [3.63, 3.8) is 0 Å². The minimum atomic E-state index is -0.168. The summed E-state index contributed by atoms with van der Waals surface area (Å²) >= 11 is 0. The third-order valence-electron chi connectivity index (χ3n) is 16.5. The molecule has 0 bridgehead atoms. The maximum Gasteiger partial charge on any atom is 0.227 e. The van der Waals surface area contributed by atoms with Gasteiger partial charge in [-0.1, -0.05) is 36.4 Å². The van der Waals surface area contributed by atoms with Crippen LogP contribution >= 0.6 is 0 Å². The highest BCUT2D eigenvalue weighted by atomic mass is 19.1. The van der Waals surface area contributed by atoms with Crippen LogP contribution in [0.15, 0.2) is 91.0 Å². The van der Waals surface area contributed by atoms with Crippen molar-refractivity contribution in [2.45, 2.75) is 135 Å². The molecule has 6 aliphatic rings. The van der Waals surface area contributed by atoms with Crippen molar-refractivity contribution < 1.29 is 27.6 Å². The molecule has 3 saturated carbocycles. The molecule has 3 aromatic carbocycles. The van der Waals surface area contributed by atoms with Crippen LogP contribution in [-0.4, -0.2) is 140 Å². The largest absolute Gasteiger partial charge is 0.351 e. The number of benzene rings is 3. The number of anilines is 3. The first-order chi connectivity index (χ1) is 39.0. The van der Waals surface area contributed by atoms with Gasteiger partial charge in [0.05, 0.1) is 36.3 Å². The van der Waals surface area contributed by atoms with Crippen LogP contribution in [0.1, 0.15) is 128 Å². The van der Waals surface area contributed by atoms with Crippen LogP contribution in [0.3, 0.4) is 0 Å². The van der Waals surface area contributed by atoms with Gasteiger partial charge in [-0.3, -0.25) is 14.4 Å². The zero-order valence-corrected chi connectivity index (χ0v) is 47.6. The van der Waals surface area contributed by atoms with Gasteiger partial charge in [0.15, 0.2) is 17.5 Å². The second-order valence-electron chi connectivity index (χ2n) is 23.2. The van der Waals surface area contributed by atoms with E-state index in [1.165, 1.54) is 18.2 Å². The SMILES string of the molecule is Cc1ccc(N2CCN(C(=O)Cc3ccc(C4CC4)c(F)c3)[C@@H](C)C2)nn1.Cc1ccc(N2CCN(C(=O)Cc3ccc(C4CC4)c(F)c3)[C@@H](C)C2)nn1.Cc1ccc(N2CCN(C(=O)Cc3ccc(C4CC4)c(F)c3)[C@H](C)C2)nn1. The maximum absolute atomic E-state index is 14.2. The number of piperazine rings is 3. The van der Waals surface area contributed by atoms with Crippen molar-refractivity contribution in [2.24, 2.45) is 0 Å². The Labute approximate surface area is 474 Å². The molecule has 6 heterocycles. The van der Waals surface area contributed by atoms with E-state index in [9.17, 15) is 27.6 Å². The summed E-state index contributed by atoms with van der Waals surface area (Å²) in [5.74, 6) is 3.33. The quantitative estimate of drug-likeness (QED) is 0.115. The number of aryl methyl sites for hydroxylation is 3. The molecular weight excluding hydrogens is 1030 g/mol. The van der Waals surface area contributed by atoms with Gasteiger partial charge in [-0.05, 0) is 186 Å². The molecule has 81 heavy (non-hydrogen) atoms. The van der Waals surface area contributed by atoms with Gasteiger partial charge in [-0.2, -0.15) is 15.3 Å². The number of carbonyl (C=O) groups is 3. The molecule has 12 rings (SSSR count). The van der Waals surface area contributed by atoms with E-state index in [4.69, 9.17) is 0 Å². The number of halogens is 3. The van der Waals surface area contributed by atoms with Crippen molar-refractivity contribution in [3.05, 3.63) is 159 Å². The number of nitrogens with zero attached hydrogens (tertiary/aromatic N) is 12. The Morgan fingerprint density at radius 3 is 0.877 bits per heavy atom. The molecular formula is C63H75F3N12O3. The lowest BCUT2D eigenvalue weighted by Gasteiger charge is -2.40. The number of rotatable bonds is 12.